The Kier molecular flexibility index (Phi) is 5.97. The van der Waals surface area contributed by atoms with E-state index in [2.05, 4.69) is 4.98 Å². The van der Waals surface area contributed by atoms with Crippen molar-refractivity contribution >= 4 is 29.7 Å². The Morgan fingerprint density at radius 2 is 2.12 bits per heavy atom. The number of ether oxygens (including phenoxy) is 2. The average Bonchev–Trinajstić information content (AvgIpc) is 3.08. The van der Waals surface area contributed by atoms with Gasteiger partial charge in [-0.1, -0.05) is 17.8 Å². The van der Waals surface area contributed by atoms with E-state index in [0.717, 1.165) is 5.03 Å². The van der Waals surface area contributed by atoms with Gasteiger partial charge in [-0.25, -0.2) is 14.6 Å². The Morgan fingerprint density at radius 1 is 1.35 bits per heavy atom. The van der Waals surface area contributed by atoms with Gasteiger partial charge in [0, 0.05) is 25.3 Å². The highest BCUT2D eigenvalue weighted by Crippen LogP contribution is 2.25. The second-order valence-corrected chi connectivity index (χ2v) is 7.09. The molecule has 1 unspecified atom stereocenters. The van der Waals surface area contributed by atoms with Crippen LogP contribution in [0.3, 0.4) is 0 Å². The van der Waals surface area contributed by atoms with Gasteiger partial charge in [0.1, 0.15) is 6.61 Å². The molecule has 0 N–H and O–H groups in total. The Morgan fingerprint density at radius 3 is 2.77 bits per heavy atom. The topological polar surface area (TPSA) is 89.0 Å². The lowest BCUT2D eigenvalue weighted by Crippen LogP contribution is -2.52. The van der Waals surface area contributed by atoms with Gasteiger partial charge in [0.15, 0.2) is 6.04 Å². The standard InChI is InChI=1S/C17H21N3O5S/c1-24-16(22)13-10-25-17(23)20(13)12-5-8-19(9-6-12)15(21)11-26-14-4-2-3-7-18-14/h2-4,7,12-13H,5-6,8-11H2,1H3. The van der Waals surface area contributed by atoms with Gasteiger partial charge in [0.25, 0.3) is 0 Å². The molecule has 2 aliphatic rings. The first-order chi connectivity index (χ1) is 12.6. The van der Waals surface area contributed by atoms with E-state index in [-0.39, 0.29) is 18.6 Å². The maximum absolute atomic E-state index is 12.4. The Bertz CT molecular complexity index is 664. The summed E-state index contributed by atoms with van der Waals surface area (Å²) < 4.78 is 9.76. The molecule has 8 nitrogen and oxygen atoms in total. The highest BCUT2D eigenvalue weighted by molar-refractivity contribution is 7.99. The lowest BCUT2D eigenvalue weighted by molar-refractivity contribution is -0.146. The number of carbonyl (C=O) groups is 3. The van der Waals surface area contributed by atoms with Crippen LogP contribution in [0.5, 0.6) is 0 Å². The zero-order valence-electron chi connectivity index (χ0n) is 14.5. The molecular formula is C17H21N3O5S. The van der Waals surface area contributed by atoms with Crippen LogP contribution in [0.15, 0.2) is 29.4 Å². The Balaban J connectivity index is 1.51. The molecule has 0 aromatic carbocycles. The molecule has 2 amide bonds. The van der Waals surface area contributed by atoms with Crippen LogP contribution in [0, 0.1) is 0 Å². The Hall–Kier alpha value is -2.29. The van der Waals surface area contributed by atoms with Crippen molar-refractivity contribution in [2.24, 2.45) is 0 Å². The van der Waals surface area contributed by atoms with Crippen molar-refractivity contribution in [2.45, 2.75) is 30.0 Å². The monoisotopic (exact) mass is 379 g/mol. The number of nitrogens with zero attached hydrogens (tertiary/aromatic N) is 3. The van der Waals surface area contributed by atoms with Crippen molar-refractivity contribution in [3.63, 3.8) is 0 Å². The van der Waals surface area contributed by atoms with Crippen molar-refractivity contribution < 1.29 is 23.9 Å². The summed E-state index contributed by atoms with van der Waals surface area (Å²) in [6.45, 7) is 1.11. The third-order valence-corrected chi connectivity index (χ3v) is 5.50. The molecule has 2 aliphatic heterocycles. The normalized spacial score (nSPS) is 20.8. The second-order valence-electron chi connectivity index (χ2n) is 6.09. The van der Waals surface area contributed by atoms with E-state index in [0.29, 0.717) is 31.7 Å². The third kappa shape index (κ3) is 4.09. The fraction of sp³-hybridized carbons (Fsp3) is 0.529. The number of pyridine rings is 1. The second kappa shape index (κ2) is 8.39. The molecule has 1 aromatic heterocycles. The van der Waals surface area contributed by atoms with Crippen LogP contribution in [0.1, 0.15) is 12.8 Å². The largest absolute Gasteiger partial charge is 0.467 e. The molecule has 2 saturated heterocycles. The van der Waals surface area contributed by atoms with Crippen molar-refractivity contribution in [3.8, 4) is 0 Å². The number of esters is 1. The van der Waals surface area contributed by atoms with E-state index in [1.54, 1.807) is 11.1 Å². The SMILES string of the molecule is COC(=O)C1COC(=O)N1C1CCN(C(=O)CSc2ccccn2)CC1. The first kappa shape index (κ1) is 18.5. The van der Waals surface area contributed by atoms with E-state index >= 15 is 0 Å². The molecule has 1 atom stereocenters. The zero-order chi connectivity index (χ0) is 18.5. The molecule has 3 rings (SSSR count). The minimum atomic E-state index is -0.695. The van der Waals surface area contributed by atoms with E-state index in [1.165, 1.54) is 23.8 Å². The quantitative estimate of drug-likeness (QED) is 0.560. The molecule has 0 radical (unpaired) electrons. The fourth-order valence-electron chi connectivity index (χ4n) is 3.21. The molecule has 0 bridgehead atoms. The third-order valence-electron chi connectivity index (χ3n) is 4.58. The van der Waals surface area contributed by atoms with Gasteiger partial charge < -0.3 is 14.4 Å². The van der Waals surface area contributed by atoms with Crippen molar-refractivity contribution in [1.82, 2.24) is 14.8 Å². The highest BCUT2D eigenvalue weighted by atomic mass is 32.2. The number of methoxy groups -OCH3 is 1. The maximum atomic E-state index is 12.4. The smallest absolute Gasteiger partial charge is 0.410 e. The van der Waals surface area contributed by atoms with Crippen LogP contribution in [-0.2, 0) is 19.1 Å². The number of thioether (sulfide) groups is 1. The predicted molar refractivity (Wildman–Crippen MR) is 93.6 cm³/mol. The average molecular weight is 379 g/mol. The number of hydrogen-bond donors (Lipinski definition) is 0. The molecule has 140 valence electrons. The van der Waals surface area contributed by atoms with Crippen LogP contribution in [0.2, 0.25) is 0 Å². The summed E-state index contributed by atoms with van der Waals surface area (Å²) in [5.74, 6) is -0.0909. The van der Waals surface area contributed by atoms with Gasteiger partial charge in [-0.05, 0) is 25.0 Å². The highest BCUT2D eigenvalue weighted by Gasteiger charge is 2.44. The number of cyclic esters (lactones) is 1. The molecule has 1 aromatic rings. The summed E-state index contributed by atoms with van der Waals surface area (Å²) in [6, 6.07) is 4.77. The summed E-state index contributed by atoms with van der Waals surface area (Å²) in [5, 5.41) is 0.816. The van der Waals surface area contributed by atoms with Gasteiger partial charge in [-0.15, -0.1) is 0 Å². The predicted octanol–water partition coefficient (Wildman–Crippen LogP) is 1.16. The van der Waals surface area contributed by atoms with Gasteiger partial charge in [-0.2, -0.15) is 0 Å². The Labute approximate surface area is 155 Å². The van der Waals surface area contributed by atoms with Crippen LogP contribution < -0.4 is 0 Å². The van der Waals surface area contributed by atoms with Crippen LogP contribution in [-0.4, -0.2) is 77.4 Å². The van der Waals surface area contributed by atoms with E-state index in [4.69, 9.17) is 9.47 Å². The van der Waals surface area contributed by atoms with Gasteiger partial charge in [0.2, 0.25) is 5.91 Å². The summed E-state index contributed by atoms with van der Waals surface area (Å²) in [6.07, 6.45) is 2.44. The molecule has 2 fully saturated rings. The first-order valence-corrected chi connectivity index (χ1v) is 9.43. The molecule has 0 spiro atoms. The number of aromatic nitrogens is 1. The van der Waals surface area contributed by atoms with E-state index < -0.39 is 18.1 Å². The van der Waals surface area contributed by atoms with Crippen LogP contribution in [0.25, 0.3) is 0 Å². The molecular weight excluding hydrogens is 358 g/mol. The van der Waals surface area contributed by atoms with Crippen LogP contribution in [0.4, 0.5) is 4.79 Å². The number of carbonyl (C=O) groups excluding carboxylic acids is 3. The maximum Gasteiger partial charge on any atom is 0.410 e. The molecule has 0 saturated carbocycles. The number of hydrogen-bond acceptors (Lipinski definition) is 7. The molecule has 26 heavy (non-hydrogen) atoms. The number of likely N-dealkylation sites (tertiary alicyclic amines) is 1. The van der Waals surface area contributed by atoms with Gasteiger partial charge >= 0.3 is 12.1 Å². The minimum Gasteiger partial charge on any atom is -0.467 e. The van der Waals surface area contributed by atoms with Crippen LogP contribution >= 0.6 is 11.8 Å². The number of piperidine rings is 1. The zero-order valence-corrected chi connectivity index (χ0v) is 15.3. The minimum absolute atomic E-state index is 0.0192. The summed E-state index contributed by atoms with van der Waals surface area (Å²) in [5.41, 5.74) is 0. The summed E-state index contributed by atoms with van der Waals surface area (Å²) >= 11 is 1.41. The molecule has 3 heterocycles. The van der Waals surface area contributed by atoms with E-state index in [1.807, 2.05) is 18.2 Å². The van der Waals surface area contributed by atoms with Crippen molar-refractivity contribution in [1.29, 1.82) is 0 Å². The summed E-state index contributed by atoms with van der Waals surface area (Å²) in [4.78, 5) is 43.7. The number of rotatable bonds is 5. The fourth-order valence-corrected chi connectivity index (χ4v) is 3.97. The van der Waals surface area contributed by atoms with Gasteiger partial charge in [-0.3, -0.25) is 9.69 Å². The first-order valence-electron chi connectivity index (χ1n) is 8.44. The van der Waals surface area contributed by atoms with E-state index in [9.17, 15) is 14.4 Å². The van der Waals surface area contributed by atoms with Gasteiger partial charge in [0.05, 0.1) is 17.9 Å². The number of amides is 2. The molecule has 9 heteroatoms. The van der Waals surface area contributed by atoms with Crippen molar-refractivity contribution in [3.05, 3.63) is 24.4 Å². The van der Waals surface area contributed by atoms with Crippen molar-refractivity contribution in [2.75, 3.05) is 32.6 Å². The molecule has 0 aliphatic carbocycles. The summed E-state index contributed by atoms with van der Waals surface area (Å²) in [7, 11) is 1.30. The lowest BCUT2D eigenvalue weighted by Gasteiger charge is -2.37. The lowest BCUT2D eigenvalue weighted by atomic mass is 10.0.